The van der Waals surface area contributed by atoms with Gasteiger partial charge in [-0.05, 0) is 6.07 Å². The maximum absolute atomic E-state index is 6.16. The first-order valence-corrected chi connectivity index (χ1v) is 6.96. The summed E-state index contributed by atoms with van der Waals surface area (Å²) in [4.78, 5) is 8.85. The van der Waals surface area contributed by atoms with E-state index in [9.17, 15) is 0 Å². The Hall–Kier alpha value is -2.53. The Kier molecular flexibility index (Phi) is 3.73. The molecule has 0 spiro atoms. The number of hydrogen-bond acceptors (Lipinski definition) is 4. The van der Waals surface area contributed by atoms with Crippen LogP contribution in [0.25, 0.3) is 0 Å². The van der Waals surface area contributed by atoms with Crippen LogP contribution in [-0.2, 0) is 0 Å². The summed E-state index contributed by atoms with van der Waals surface area (Å²) in [6.07, 6.45) is 0. The largest absolute Gasteiger partial charge is 0.495 e. The number of methoxy groups -OCH3 is 2. The minimum absolute atomic E-state index is 0.450. The second-order valence-corrected chi connectivity index (χ2v) is 5.04. The molecule has 1 heterocycles. The number of benzene rings is 2. The lowest BCUT2D eigenvalue weighted by Gasteiger charge is -2.09. The molecule has 3 rings (SSSR count). The van der Waals surface area contributed by atoms with Gasteiger partial charge in [0.25, 0.3) is 0 Å². The summed E-state index contributed by atoms with van der Waals surface area (Å²) in [5.41, 5.74) is 8.25. The van der Waals surface area contributed by atoms with Gasteiger partial charge in [-0.15, -0.1) is 0 Å². The van der Waals surface area contributed by atoms with Gasteiger partial charge in [-0.1, -0.05) is 35.9 Å². The van der Waals surface area contributed by atoms with Gasteiger partial charge in [-0.2, -0.15) is 0 Å². The lowest BCUT2D eigenvalue weighted by molar-refractivity contribution is 0.395. The Labute approximate surface area is 133 Å². The van der Waals surface area contributed by atoms with Crippen molar-refractivity contribution in [2.75, 3.05) is 14.2 Å². The van der Waals surface area contributed by atoms with Crippen molar-refractivity contribution in [1.82, 2.24) is 0 Å². The van der Waals surface area contributed by atoms with Crippen LogP contribution in [0, 0.1) is 0 Å². The van der Waals surface area contributed by atoms with Gasteiger partial charge in [0.05, 0.1) is 19.2 Å². The zero-order valence-corrected chi connectivity index (χ0v) is 12.9. The third-order valence-electron chi connectivity index (χ3n) is 3.35. The summed E-state index contributed by atoms with van der Waals surface area (Å²) in [6.45, 7) is 0. The molecule has 0 fully saturated rings. The van der Waals surface area contributed by atoms with E-state index in [4.69, 9.17) is 26.8 Å². The highest BCUT2D eigenvalue weighted by atomic mass is 35.5. The summed E-state index contributed by atoms with van der Waals surface area (Å²) >= 11 is 6.16. The first-order chi connectivity index (χ1) is 10.6. The van der Waals surface area contributed by atoms with Crippen molar-refractivity contribution in [1.29, 1.82) is 0 Å². The molecular weight excluding hydrogens is 302 g/mol. The second kappa shape index (κ2) is 5.69. The van der Waals surface area contributed by atoms with Crippen molar-refractivity contribution < 1.29 is 9.47 Å². The van der Waals surface area contributed by atoms with E-state index in [1.54, 1.807) is 26.4 Å². The van der Waals surface area contributed by atoms with Crippen molar-refractivity contribution in [2.24, 2.45) is 15.7 Å². The van der Waals surface area contributed by atoms with Gasteiger partial charge in [0, 0.05) is 17.2 Å². The highest BCUT2D eigenvalue weighted by molar-refractivity contribution is 6.32. The molecule has 0 atom stereocenters. The highest BCUT2D eigenvalue weighted by Gasteiger charge is 2.20. The molecule has 0 radical (unpaired) electrons. The fourth-order valence-corrected chi connectivity index (χ4v) is 2.50. The van der Waals surface area contributed by atoms with Crippen LogP contribution in [0.1, 0.15) is 11.1 Å². The number of fused-ring (bicyclic) bond motifs is 1. The number of nitrogens with two attached hydrogens (primary N) is 1. The minimum Gasteiger partial charge on any atom is -0.495 e. The molecule has 2 aromatic rings. The summed E-state index contributed by atoms with van der Waals surface area (Å²) in [5, 5.41) is 0.450. The average molecular weight is 316 g/mol. The SMILES string of the molecule is COc1cc(OC)c(N=C2N=C(N)c3ccccc32)cc1Cl. The van der Waals surface area contributed by atoms with E-state index >= 15 is 0 Å². The zero-order chi connectivity index (χ0) is 15.7. The van der Waals surface area contributed by atoms with E-state index < -0.39 is 0 Å². The zero-order valence-electron chi connectivity index (χ0n) is 12.1. The maximum atomic E-state index is 6.16. The molecule has 112 valence electrons. The number of aliphatic imine (C=N–C) groups is 2. The molecule has 0 amide bonds. The Bertz CT molecular complexity index is 800. The molecule has 2 N–H and O–H groups in total. The topological polar surface area (TPSA) is 69.2 Å². The van der Waals surface area contributed by atoms with E-state index in [0.717, 1.165) is 11.1 Å². The summed E-state index contributed by atoms with van der Waals surface area (Å²) < 4.78 is 10.5. The Morgan fingerprint density at radius 2 is 1.73 bits per heavy atom. The highest BCUT2D eigenvalue weighted by Crippen LogP contribution is 2.38. The molecule has 0 bridgehead atoms. The number of nitrogens with zero attached hydrogens (tertiary/aromatic N) is 2. The van der Waals surface area contributed by atoms with E-state index in [1.807, 2.05) is 24.3 Å². The van der Waals surface area contributed by atoms with Crippen molar-refractivity contribution in [3.63, 3.8) is 0 Å². The molecule has 2 aromatic carbocycles. The van der Waals surface area contributed by atoms with Crippen LogP contribution < -0.4 is 15.2 Å². The van der Waals surface area contributed by atoms with E-state index in [1.165, 1.54) is 0 Å². The number of ether oxygens (including phenoxy) is 2. The third kappa shape index (κ3) is 2.40. The summed E-state index contributed by atoms with van der Waals surface area (Å²) in [7, 11) is 3.11. The molecule has 0 aromatic heterocycles. The number of amidine groups is 2. The Morgan fingerprint density at radius 1 is 1.05 bits per heavy atom. The molecule has 6 heteroatoms. The summed E-state index contributed by atoms with van der Waals surface area (Å²) in [6, 6.07) is 11.0. The van der Waals surface area contributed by atoms with Crippen molar-refractivity contribution in [3.05, 3.63) is 52.5 Å². The molecular formula is C16H14ClN3O2. The molecule has 1 aliphatic rings. The second-order valence-electron chi connectivity index (χ2n) is 4.64. The van der Waals surface area contributed by atoms with Gasteiger partial charge >= 0.3 is 0 Å². The standard InChI is InChI=1S/C16H14ClN3O2/c1-21-13-8-14(22-2)12(7-11(13)17)19-16-10-6-4-3-5-9(10)15(18)20-16/h3-8H,1-2H3,(H2,18,19,20). The average Bonchev–Trinajstić information content (AvgIpc) is 2.84. The van der Waals surface area contributed by atoms with E-state index in [0.29, 0.717) is 33.9 Å². The van der Waals surface area contributed by atoms with Gasteiger partial charge < -0.3 is 15.2 Å². The lowest BCUT2D eigenvalue weighted by Crippen LogP contribution is -2.09. The lowest BCUT2D eigenvalue weighted by atomic mass is 10.1. The fourth-order valence-electron chi connectivity index (χ4n) is 2.27. The maximum Gasteiger partial charge on any atom is 0.163 e. The van der Waals surface area contributed by atoms with Crippen molar-refractivity contribution in [3.8, 4) is 11.5 Å². The minimum atomic E-state index is 0.450. The van der Waals surface area contributed by atoms with Crippen LogP contribution >= 0.6 is 11.6 Å². The van der Waals surface area contributed by atoms with Crippen LogP contribution in [0.5, 0.6) is 11.5 Å². The van der Waals surface area contributed by atoms with Gasteiger partial charge in [-0.25, -0.2) is 9.98 Å². The quantitative estimate of drug-likeness (QED) is 0.946. The molecule has 0 aliphatic carbocycles. The van der Waals surface area contributed by atoms with Crippen LogP contribution in [0.15, 0.2) is 46.4 Å². The monoisotopic (exact) mass is 315 g/mol. The number of halogens is 1. The number of hydrogen-bond donors (Lipinski definition) is 1. The molecule has 0 saturated carbocycles. The molecule has 5 nitrogen and oxygen atoms in total. The first kappa shape index (κ1) is 14.4. The molecule has 22 heavy (non-hydrogen) atoms. The van der Waals surface area contributed by atoms with E-state index in [-0.39, 0.29) is 0 Å². The van der Waals surface area contributed by atoms with Gasteiger partial charge in [-0.3, -0.25) is 0 Å². The van der Waals surface area contributed by atoms with Crippen molar-refractivity contribution in [2.45, 2.75) is 0 Å². The van der Waals surface area contributed by atoms with Gasteiger partial charge in [0.2, 0.25) is 0 Å². The third-order valence-corrected chi connectivity index (χ3v) is 3.65. The van der Waals surface area contributed by atoms with Gasteiger partial charge in [0.1, 0.15) is 23.0 Å². The normalized spacial score (nSPS) is 14.7. The van der Waals surface area contributed by atoms with Gasteiger partial charge in [0.15, 0.2) is 5.84 Å². The predicted molar refractivity (Wildman–Crippen MR) is 87.9 cm³/mol. The Balaban J connectivity index is 2.12. The Morgan fingerprint density at radius 3 is 2.41 bits per heavy atom. The molecule has 0 unspecified atom stereocenters. The van der Waals surface area contributed by atoms with Crippen molar-refractivity contribution >= 4 is 29.0 Å². The number of rotatable bonds is 3. The van der Waals surface area contributed by atoms with E-state index in [2.05, 4.69) is 9.98 Å². The predicted octanol–water partition coefficient (Wildman–Crippen LogP) is 3.15. The first-order valence-electron chi connectivity index (χ1n) is 6.58. The molecule has 1 aliphatic heterocycles. The summed E-state index contributed by atoms with van der Waals surface area (Å²) in [5.74, 6) is 2.06. The van der Waals surface area contributed by atoms with Crippen LogP contribution in [-0.4, -0.2) is 25.9 Å². The fraction of sp³-hybridized carbons (Fsp3) is 0.125. The smallest absolute Gasteiger partial charge is 0.163 e. The molecule has 0 saturated heterocycles. The van der Waals surface area contributed by atoms with Crippen LogP contribution in [0.2, 0.25) is 5.02 Å². The van der Waals surface area contributed by atoms with Crippen LogP contribution in [0.4, 0.5) is 5.69 Å². The van der Waals surface area contributed by atoms with Crippen LogP contribution in [0.3, 0.4) is 0 Å².